The van der Waals surface area contributed by atoms with Crippen LogP contribution in [0.4, 0.5) is 5.69 Å². The Hall–Kier alpha value is -2.30. The summed E-state index contributed by atoms with van der Waals surface area (Å²) in [7, 11) is 1.80. The highest BCUT2D eigenvalue weighted by molar-refractivity contribution is 5.94. The van der Waals surface area contributed by atoms with Crippen LogP contribution in [0.1, 0.15) is 21.6 Å². The van der Waals surface area contributed by atoms with Crippen LogP contribution in [0.3, 0.4) is 0 Å². The number of nitrogens with one attached hydrogen (secondary N) is 1. The van der Waals surface area contributed by atoms with Crippen LogP contribution in [0.5, 0.6) is 0 Å². The summed E-state index contributed by atoms with van der Waals surface area (Å²) in [5.41, 5.74) is 8.89. The minimum Gasteiger partial charge on any atom is -0.399 e. The molecule has 0 bridgehead atoms. The fourth-order valence-corrected chi connectivity index (χ4v) is 1.92. The average molecular weight is 258 g/mol. The minimum atomic E-state index is -0.0824. The number of hydrogen-bond donors (Lipinski definition) is 2. The normalized spacial score (nSPS) is 10.4. The van der Waals surface area contributed by atoms with Gasteiger partial charge in [0.25, 0.3) is 5.91 Å². The Labute approximate surface area is 112 Å². The van der Waals surface area contributed by atoms with Crippen molar-refractivity contribution in [3.8, 4) is 0 Å². The van der Waals surface area contributed by atoms with Gasteiger partial charge in [-0.25, -0.2) is 0 Å². The molecule has 1 aromatic carbocycles. The van der Waals surface area contributed by atoms with Crippen molar-refractivity contribution in [3.05, 3.63) is 47.3 Å². The molecule has 19 heavy (non-hydrogen) atoms. The van der Waals surface area contributed by atoms with Crippen LogP contribution in [-0.4, -0.2) is 22.2 Å². The van der Waals surface area contributed by atoms with E-state index < -0.39 is 0 Å². The van der Waals surface area contributed by atoms with Gasteiger partial charge in [-0.15, -0.1) is 0 Å². The first-order valence-electron chi connectivity index (χ1n) is 6.19. The van der Waals surface area contributed by atoms with Gasteiger partial charge in [-0.2, -0.15) is 5.10 Å². The molecule has 0 radical (unpaired) electrons. The first-order valence-corrected chi connectivity index (χ1v) is 6.19. The first kappa shape index (κ1) is 13.1. The second kappa shape index (κ2) is 5.56. The number of aryl methyl sites for hydroxylation is 2. The second-order valence-corrected chi connectivity index (χ2v) is 4.55. The fourth-order valence-electron chi connectivity index (χ4n) is 1.92. The number of amides is 1. The van der Waals surface area contributed by atoms with Crippen molar-refractivity contribution < 1.29 is 4.79 Å². The number of aromatic nitrogens is 2. The lowest BCUT2D eigenvalue weighted by Gasteiger charge is -2.05. The molecular formula is C14H18N4O. The molecule has 0 fully saturated rings. The van der Waals surface area contributed by atoms with Crippen LogP contribution in [0.15, 0.2) is 30.5 Å². The van der Waals surface area contributed by atoms with Crippen LogP contribution in [0.25, 0.3) is 0 Å². The third-order valence-corrected chi connectivity index (χ3v) is 2.94. The molecule has 2 rings (SSSR count). The van der Waals surface area contributed by atoms with Gasteiger partial charge >= 0.3 is 0 Å². The molecule has 5 nitrogen and oxygen atoms in total. The van der Waals surface area contributed by atoms with E-state index in [-0.39, 0.29) is 5.91 Å². The number of benzene rings is 1. The van der Waals surface area contributed by atoms with Crippen molar-refractivity contribution in [1.82, 2.24) is 15.1 Å². The summed E-state index contributed by atoms with van der Waals surface area (Å²) >= 11 is 0. The molecule has 2 aromatic rings. The second-order valence-electron chi connectivity index (χ2n) is 4.55. The van der Waals surface area contributed by atoms with E-state index in [1.165, 1.54) is 0 Å². The summed E-state index contributed by atoms with van der Waals surface area (Å²) < 4.78 is 1.64. The van der Waals surface area contributed by atoms with Crippen LogP contribution in [0, 0.1) is 6.92 Å². The van der Waals surface area contributed by atoms with Crippen LogP contribution < -0.4 is 11.1 Å². The predicted octanol–water partition coefficient (Wildman–Crippen LogP) is 1.28. The number of nitrogen functional groups attached to an aromatic ring is 1. The maximum absolute atomic E-state index is 11.9. The van der Waals surface area contributed by atoms with Gasteiger partial charge in [-0.05, 0) is 31.0 Å². The molecule has 1 aromatic heterocycles. The molecule has 1 amide bonds. The number of nitrogens with zero attached hydrogens (tertiary/aromatic N) is 2. The summed E-state index contributed by atoms with van der Waals surface area (Å²) in [4.78, 5) is 11.9. The van der Waals surface area contributed by atoms with E-state index in [0.29, 0.717) is 12.1 Å². The summed E-state index contributed by atoms with van der Waals surface area (Å²) in [6.07, 6.45) is 2.51. The van der Waals surface area contributed by atoms with Crippen molar-refractivity contribution in [2.75, 3.05) is 12.3 Å². The lowest BCUT2D eigenvalue weighted by atomic mass is 10.1. The molecule has 0 saturated carbocycles. The lowest BCUT2D eigenvalue weighted by molar-refractivity contribution is 0.0953. The summed E-state index contributed by atoms with van der Waals surface area (Å²) in [5.74, 6) is -0.0824. The van der Waals surface area contributed by atoms with Crippen molar-refractivity contribution in [1.29, 1.82) is 0 Å². The summed E-state index contributed by atoms with van der Waals surface area (Å²) in [6, 6.07) is 7.67. The molecular weight excluding hydrogens is 240 g/mol. The van der Waals surface area contributed by atoms with E-state index in [0.717, 1.165) is 23.4 Å². The van der Waals surface area contributed by atoms with Gasteiger partial charge in [-0.1, -0.05) is 12.1 Å². The lowest BCUT2D eigenvalue weighted by Crippen LogP contribution is -2.25. The Bertz CT molecular complexity index is 572. The zero-order valence-corrected chi connectivity index (χ0v) is 11.2. The number of anilines is 1. The molecule has 100 valence electrons. The van der Waals surface area contributed by atoms with Gasteiger partial charge < -0.3 is 11.1 Å². The predicted molar refractivity (Wildman–Crippen MR) is 74.8 cm³/mol. The Morgan fingerprint density at radius 2 is 2.05 bits per heavy atom. The van der Waals surface area contributed by atoms with E-state index in [2.05, 4.69) is 10.4 Å². The van der Waals surface area contributed by atoms with E-state index in [1.54, 1.807) is 17.9 Å². The largest absolute Gasteiger partial charge is 0.399 e. The Morgan fingerprint density at radius 3 is 2.63 bits per heavy atom. The van der Waals surface area contributed by atoms with E-state index in [1.807, 2.05) is 31.2 Å². The van der Waals surface area contributed by atoms with Crippen LogP contribution in [0.2, 0.25) is 0 Å². The first-order chi connectivity index (χ1) is 9.06. The van der Waals surface area contributed by atoms with Gasteiger partial charge in [-0.3, -0.25) is 9.48 Å². The number of hydrogen-bond acceptors (Lipinski definition) is 3. The minimum absolute atomic E-state index is 0.0824. The Balaban J connectivity index is 1.87. The van der Waals surface area contributed by atoms with Crippen molar-refractivity contribution >= 4 is 11.6 Å². The zero-order chi connectivity index (χ0) is 13.8. The Kier molecular flexibility index (Phi) is 3.85. The number of carbonyl (C=O) groups is 1. The molecule has 1 heterocycles. The Morgan fingerprint density at radius 1 is 1.37 bits per heavy atom. The molecule has 0 spiro atoms. The molecule has 0 aliphatic carbocycles. The smallest absolute Gasteiger partial charge is 0.254 e. The van der Waals surface area contributed by atoms with E-state index in [9.17, 15) is 4.79 Å². The van der Waals surface area contributed by atoms with Crippen molar-refractivity contribution in [3.63, 3.8) is 0 Å². The van der Waals surface area contributed by atoms with Gasteiger partial charge in [0.2, 0.25) is 0 Å². The number of carbonyl (C=O) groups excluding carboxylic acids is 1. The number of rotatable bonds is 4. The van der Waals surface area contributed by atoms with Gasteiger partial charge in [0, 0.05) is 25.5 Å². The average Bonchev–Trinajstić information content (AvgIpc) is 2.71. The standard InChI is InChI=1S/C14H18N4O/c1-10-13(9-18(2)17-10)14(19)16-8-7-11-3-5-12(15)6-4-11/h3-6,9H,7-8,15H2,1-2H3,(H,16,19). The van der Waals surface area contributed by atoms with Gasteiger partial charge in [0.1, 0.15) is 0 Å². The highest BCUT2D eigenvalue weighted by Crippen LogP contribution is 2.06. The van der Waals surface area contributed by atoms with Crippen molar-refractivity contribution in [2.24, 2.45) is 7.05 Å². The van der Waals surface area contributed by atoms with Gasteiger partial charge in [0.15, 0.2) is 0 Å². The van der Waals surface area contributed by atoms with Crippen LogP contribution in [-0.2, 0) is 13.5 Å². The topological polar surface area (TPSA) is 72.9 Å². The molecule has 3 N–H and O–H groups in total. The maximum Gasteiger partial charge on any atom is 0.254 e. The monoisotopic (exact) mass is 258 g/mol. The SMILES string of the molecule is Cc1nn(C)cc1C(=O)NCCc1ccc(N)cc1. The maximum atomic E-state index is 11.9. The van der Waals surface area contributed by atoms with Gasteiger partial charge in [0.05, 0.1) is 11.3 Å². The summed E-state index contributed by atoms with van der Waals surface area (Å²) in [6.45, 7) is 2.42. The van der Waals surface area contributed by atoms with E-state index in [4.69, 9.17) is 5.73 Å². The number of nitrogens with two attached hydrogens (primary N) is 1. The quantitative estimate of drug-likeness (QED) is 0.811. The zero-order valence-electron chi connectivity index (χ0n) is 11.2. The van der Waals surface area contributed by atoms with Crippen LogP contribution >= 0.6 is 0 Å². The molecule has 0 saturated heterocycles. The highest BCUT2D eigenvalue weighted by atomic mass is 16.1. The molecule has 0 atom stereocenters. The molecule has 0 aliphatic rings. The molecule has 0 unspecified atom stereocenters. The fraction of sp³-hybridized carbons (Fsp3) is 0.286. The summed E-state index contributed by atoms with van der Waals surface area (Å²) in [5, 5.41) is 7.04. The van der Waals surface area contributed by atoms with Crippen molar-refractivity contribution in [2.45, 2.75) is 13.3 Å². The molecule has 5 heteroatoms. The highest BCUT2D eigenvalue weighted by Gasteiger charge is 2.11. The third kappa shape index (κ3) is 3.34. The third-order valence-electron chi connectivity index (χ3n) is 2.94. The molecule has 0 aliphatic heterocycles. The van der Waals surface area contributed by atoms with E-state index >= 15 is 0 Å².